The average Bonchev–Trinajstić information content (AvgIpc) is 2.83. The zero-order valence-electron chi connectivity index (χ0n) is 14.7. The molecule has 2 N–H and O–H groups in total. The van der Waals surface area contributed by atoms with Crippen LogP contribution in [0.5, 0.6) is 0 Å². The molecule has 7 nitrogen and oxygen atoms in total. The molecule has 138 valence electrons. The van der Waals surface area contributed by atoms with E-state index in [-0.39, 0.29) is 27.7 Å². The van der Waals surface area contributed by atoms with Crippen molar-refractivity contribution in [2.45, 2.75) is 63.7 Å². The zero-order valence-corrected chi connectivity index (χ0v) is 15.5. The van der Waals surface area contributed by atoms with E-state index in [1.54, 1.807) is 6.92 Å². The highest BCUT2D eigenvalue weighted by Crippen LogP contribution is 2.61. The normalized spacial score (nSPS) is 33.6. The van der Waals surface area contributed by atoms with Crippen LogP contribution in [0.15, 0.2) is 9.42 Å². The third kappa shape index (κ3) is 3.10. The van der Waals surface area contributed by atoms with Crippen LogP contribution in [-0.2, 0) is 14.8 Å². The summed E-state index contributed by atoms with van der Waals surface area (Å²) in [6.45, 7) is 3.09. The van der Waals surface area contributed by atoms with Gasteiger partial charge in [0.15, 0.2) is 5.76 Å². The molecule has 0 aromatic carbocycles. The van der Waals surface area contributed by atoms with Gasteiger partial charge in [-0.3, -0.25) is 10.2 Å². The molecule has 4 fully saturated rings. The van der Waals surface area contributed by atoms with Crippen LogP contribution in [0.25, 0.3) is 0 Å². The van der Waals surface area contributed by atoms with Gasteiger partial charge in [0.2, 0.25) is 5.91 Å². The van der Waals surface area contributed by atoms with Crippen molar-refractivity contribution in [1.29, 1.82) is 0 Å². The van der Waals surface area contributed by atoms with E-state index in [0.29, 0.717) is 6.42 Å². The van der Waals surface area contributed by atoms with E-state index in [0.717, 1.165) is 37.0 Å². The Morgan fingerprint density at radius 1 is 1.16 bits per heavy atom. The van der Waals surface area contributed by atoms with Gasteiger partial charge in [0, 0.05) is 6.42 Å². The number of aryl methyl sites for hydroxylation is 2. The number of hydrogen-bond acceptors (Lipinski definition) is 5. The van der Waals surface area contributed by atoms with Crippen LogP contribution >= 0.6 is 0 Å². The summed E-state index contributed by atoms with van der Waals surface area (Å²) in [4.78, 5) is 14.6. The predicted molar refractivity (Wildman–Crippen MR) is 89.7 cm³/mol. The van der Waals surface area contributed by atoms with Gasteiger partial charge in [-0.2, -0.15) is 0 Å². The van der Waals surface area contributed by atoms with E-state index in [1.165, 1.54) is 26.2 Å². The Morgan fingerprint density at radius 3 is 2.20 bits per heavy atom. The third-order valence-electron chi connectivity index (χ3n) is 6.26. The fourth-order valence-corrected chi connectivity index (χ4v) is 7.12. The molecule has 1 aromatic rings. The largest absolute Gasteiger partial charge is 0.360 e. The maximum atomic E-state index is 12.4. The summed E-state index contributed by atoms with van der Waals surface area (Å²) in [5, 5.41) is 3.65. The molecule has 0 spiro atoms. The Labute approximate surface area is 147 Å². The first kappa shape index (κ1) is 17.0. The molecule has 4 saturated carbocycles. The van der Waals surface area contributed by atoms with Crippen molar-refractivity contribution in [3.63, 3.8) is 0 Å². The lowest BCUT2D eigenvalue weighted by molar-refractivity contribution is -0.129. The second kappa shape index (κ2) is 5.81. The molecule has 1 aromatic heterocycles. The average molecular weight is 367 g/mol. The second-order valence-electron chi connectivity index (χ2n) is 8.40. The molecule has 4 aliphatic rings. The molecular formula is C17H25N3O4S. The van der Waals surface area contributed by atoms with Gasteiger partial charge in [-0.1, -0.05) is 5.16 Å². The van der Waals surface area contributed by atoms with Gasteiger partial charge in [-0.05, 0) is 75.5 Å². The van der Waals surface area contributed by atoms with Crippen LogP contribution in [0.4, 0.5) is 0 Å². The summed E-state index contributed by atoms with van der Waals surface area (Å²) in [5.41, 5.74) is 2.75. The molecule has 1 heterocycles. The lowest BCUT2D eigenvalue weighted by Gasteiger charge is -2.56. The molecular weight excluding hydrogens is 342 g/mol. The fraction of sp³-hybridized carbons (Fsp3) is 0.765. The number of nitrogens with one attached hydrogen (secondary N) is 2. The summed E-state index contributed by atoms with van der Waals surface area (Å²) in [5.74, 6) is 2.24. The van der Waals surface area contributed by atoms with Crippen molar-refractivity contribution in [1.82, 2.24) is 15.4 Å². The van der Waals surface area contributed by atoms with Crippen molar-refractivity contribution in [2.24, 2.45) is 23.2 Å². The third-order valence-corrected chi connectivity index (χ3v) is 7.75. The van der Waals surface area contributed by atoms with Crippen LogP contribution in [0.2, 0.25) is 0 Å². The standard InChI is InChI=1S/C17H25N3O4S/c1-10-16(11(2)24-19-10)25(22,23)20-18-15(21)9-17-6-12-3-13(7-17)5-14(4-12)8-17/h12-14,20H,3-9H2,1-2H3,(H,18,21). The maximum absolute atomic E-state index is 12.4. The number of aromatic nitrogens is 1. The number of rotatable bonds is 5. The Balaban J connectivity index is 1.40. The minimum absolute atomic E-state index is 0.0115. The molecule has 0 radical (unpaired) electrons. The van der Waals surface area contributed by atoms with Crippen molar-refractivity contribution >= 4 is 15.9 Å². The lowest BCUT2D eigenvalue weighted by atomic mass is 9.49. The van der Waals surface area contributed by atoms with Crippen molar-refractivity contribution < 1.29 is 17.7 Å². The van der Waals surface area contributed by atoms with Crippen molar-refractivity contribution in [2.75, 3.05) is 0 Å². The lowest BCUT2D eigenvalue weighted by Crippen LogP contribution is -2.50. The highest BCUT2D eigenvalue weighted by atomic mass is 32.2. The minimum Gasteiger partial charge on any atom is -0.360 e. The summed E-state index contributed by atoms with van der Waals surface area (Å²) < 4.78 is 29.7. The summed E-state index contributed by atoms with van der Waals surface area (Å²) in [7, 11) is -3.88. The summed E-state index contributed by atoms with van der Waals surface area (Å²) >= 11 is 0. The van der Waals surface area contributed by atoms with Crippen LogP contribution in [-0.4, -0.2) is 19.5 Å². The number of hydrogen-bond donors (Lipinski definition) is 2. The van der Waals surface area contributed by atoms with E-state index in [2.05, 4.69) is 15.4 Å². The number of amides is 1. The number of sulfonamides is 1. The molecule has 0 atom stereocenters. The molecule has 25 heavy (non-hydrogen) atoms. The van der Waals surface area contributed by atoms with Gasteiger partial charge >= 0.3 is 0 Å². The summed E-state index contributed by atoms with van der Waals surface area (Å²) in [6, 6.07) is 0. The smallest absolute Gasteiger partial charge is 0.262 e. The SMILES string of the molecule is Cc1noc(C)c1S(=O)(=O)NNC(=O)CC12CC3CC(CC(C3)C1)C2. The van der Waals surface area contributed by atoms with Crippen molar-refractivity contribution in [3.05, 3.63) is 11.5 Å². The van der Waals surface area contributed by atoms with E-state index < -0.39 is 10.0 Å². The van der Waals surface area contributed by atoms with Gasteiger partial charge < -0.3 is 4.52 Å². The number of hydrazine groups is 1. The first-order valence-corrected chi connectivity index (χ1v) is 10.5. The van der Waals surface area contributed by atoms with E-state index in [1.807, 2.05) is 0 Å². The van der Waals surface area contributed by atoms with Gasteiger partial charge in [0.1, 0.15) is 10.6 Å². The predicted octanol–water partition coefficient (Wildman–Crippen LogP) is 2.21. The van der Waals surface area contributed by atoms with E-state index in [9.17, 15) is 13.2 Å². The topological polar surface area (TPSA) is 101 Å². The highest BCUT2D eigenvalue weighted by molar-refractivity contribution is 7.89. The monoisotopic (exact) mass is 367 g/mol. The van der Waals surface area contributed by atoms with Crippen LogP contribution < -0.4 is 10.3 Å². The Bertz CT molecular complexity index is 744. The molecule has 0 unspecified atom stereocenters. The number of carbonyl (C=O) groups excluding carboxylic acids is 1. The molecule has 4 bridgehead atoms. The number of carbonyl (C=O) groups is 1. The highest BCUT2D eigenvalue weighted by Gasteiger charge is 2.51. The van der Waals surface area contributed by atoms with Crippen LogP contribution in [0.1, 0.15) is 56.4 Å². The maximum Gasteiger partial charge on any atom is 0.262 e. The molecule has 4 aliphatic carbocycles. The minimum atomic E-state index is -3.88. The van der Waals surface area contributed by atoms with Crippen molar-refractivity contribution in [3.8, 4) is 0 Å². The van der Waals surface area contributed by atoms with E-state index >= 15 is 0 Å². The molecule has 0 aliphatic heterocycles. The van der Waals surface area contributed by atoms with E-state index in [4.69, 9.17) is 4.52 Å². The Morgan fingerprint density at radius 2 is 1.72 bits per heavy atom. The quantitative estimate of drug-likeness (QED) is 0.777. The Hall–Kier alpha value is -1.41. The second-order valence-corrected chi connectivity index (χ2v) is 10.0. The molecule has 1 amide bonds. The molecule has 0 saturated heterocycles. The van der Waals surface area contributed by atoms with Gasteiger partial charge in [0.25, 0.3) is 10.0 Å². The molecule has 5 rings (SSSR count). The fourth-order valence-electron chi connectivity index (χ4n) is 5.92. The number of nitrogens with zero attached hydrogens (tertiary/aromatic N) is 1. The van der Waals surface area contributed by atoms with Gasteiger partial charge in [0.05, 0.1) is 0 Å². The van der Waals surface area contributed by atoms with Gasteiger partial charge in [-0.25, -0.2) is 8.42 Å². The van der Waals surface area contributed by atoms with Crippen LogP contribution in [0.3, 0.4) is 0 Å². The van der Waals surface area contributed by atoms with Crippen LogP contribution in [0, 0.1) is 37.0 Å². The van der Waals surface area contributed by atoms with Gasteiger partial charge in [-0.15, -0.1) is 4.83 Å². The summed E-state index contributed by atoms with van der Waals surface area (Å²) in [6.07, 6.45) is 7.70. The first-order chi connectivity index (χ1) is 11.8. The zero-order chi connectivity index (χ0) is 17.8. The molecule has 8 heteroatoms. The first-order valence-electron chi connectivity index (χ1n) is 9.00. The Kier molecular flexibility index (Phi) is 3.95.